The van der Waals surface area contributed by atoms with E-state index in [0.29, 0.717) is 0 Å². The van der Waals surface area contributed by atoms with Gasteiger partial charge < -0.3 is 0 Å². The van der Waals surface area contributed by atoms with Crippen LogP contribution in [0.4, 0.5) is 0 Å². The van der Waals surface area contributed by atoms with Crippen LogP contribution in [0.2, 0.25) is 0 Å². The van der Waals surface area contributed by atoms with Crippen LogP contribution in [0.1, 0.15) is 45.0 Å². The third kappa shape index (κ3) is 4.46. The minimum Gasteiger partial charge on any atom is -0.0795 e. The van der Waals surface area contributed by atoms with Gasteiger partial charge in [-0.1, -0.05) is 94.1 Å². The average molecular weight is 280 g/mol. The number of benzene rings is 2. The van der Waals surface area contributed by atoms with Crippen LogP contribution in [0.15, 0.2) is 60.7 Å². The fraction of sp³-hybridized carbons (Fsp3) is 0.238. The summed E-state index contributed by atoms with van der Waals surface area (Å²) in [5, 5.41) is 0. The first-order valence-corrected chi connectivity index (χ1v) is 7.42. The van der Waals surface area contributed by atoms with Gasteiger partial charge in [0.15, 0.2) is 0 Å². The Morgan fingerprint density at radius 2 is 1.05 bits per heavy atom. The summed E-state index contributed by atoms with van der Waals surface area (Å²) in [4.78, 5) is 0. The summed E-state index contributed by atoms with van der Waals surface area (Å²) in [6.07, 6.45) is 11.0. The number of rotatable bonds is 0. The summed E-state index contributed by atoms with van der Waals surface area (Å²) in [6, 6.07) is 17.0. The monoisotopic (exact) mass is 280 g/mol. The quantitative estimate of drug-likeness (QED) is 0.522. The standard InChI is InChI=1S/2C9H8.C2H6.CH4.H2/c2*1-2-5-9-7-3-6-8(9)4-1;1-2;;/h2*1-6H,7H2;1-2H3;1H4;1H. The molecule has 0 aromatic heterocycles. The Balaban J connectivity index is 0.000000334. The molecule has 21 heavy (non-hydrogen) atoms. The zero-order valence-electron chi connectivity index (χ0n) is 12.3. The highest BCUT2D eigenvalue weighted by Gasteiger charge is 2.00. The number of allylic oxidation sites excluding steroid dienone is 2. The Kier molecular flexibility index (Phi) is 7.25. The fourth-order valence-electron chi connectivity index (χ4n) is 2.39. The smallest absolute Gasteiger partial charge is 0 e. The van der Waals surface area contributed by atoms with Crippen molar-refractivity contribution in [2.45, 2.75) is 34.1 Å². The molecule has 0 unspecified atom stereocenters. The topological polar surface area (TPSA) is 0 Å². The number of fused-ring (bicyclic) bond motifs is 2. The maximum Gasteiger partial charge on any atom is 0 e. The summed E-state index contributed by atoms with van der Waals surface area (Å²) < 4.78 is 0. The second-order valence-corrected chi connectivity index (χ2v) is 4.61. The Labute approximate surface area is 131 Å². The van der Waals surface area contributed by atoms with E-state index in [2.05, 4.69) is 72.8 Å². The van der Waals surface area contributed by atoms with Gasteiger partial charge in [0.25, 0.3) is 0 Å². The van der Waals surface area contributed by atoms with E-state index in [1.54, 1.807) is 0 Å². The van der Waals surface area contributed by atoms with Crippen LogP contribution < -0.4 is 0 Å². The highest BCUT2D eigenvalue weighted by Crippen LogP contribution is 2.18. The van der Waals surface area contributed by atoms with Crippen molar-refractivity contribution in [3.8, 4) is 0 Å². The van der Waals surface area contributed by atoms with Crippen molar-refractivity contribution >= 4 is 12.2 Å². The first-order valence-electron chi connectivity index (χ1n) is 7.42. The molecular formula is C21H28. The Morgan fingerprint density at radius 1 is 0.667 bits per heavy atom. The Bertz CT molecular complexity index is 553. The van der Waals surface area contributed by atoms with Crippen LogP contribution in [0.3, 0.4) is 0 Å². The molecule has 2 aliphatic carbocycles. The molecule has 0 spiro atoms. The van der Waals surface area contributed by atoms with E-state index in [1.165, 1.54) is 22.3 Å². The SMILES string of the molecule is C.C1=Cc2ccccc2C1.C1=Cc2ccccc2C1.CC.[HH]. The molecule has 0 heterocycles. The van der Waals surface area contributed by atoms with Crippen LogP contribution in [-0.2, 0) is 12.8 Å². The highest BCUT2D eigenvalue weighted by molar-refractivity contribution is 5.60. The van der Waals surface area contributed by atoms with Crippen molar-refractivity contribution in [3.63, 3.8) is 0 Å². The molecule has 0 saturated heterocycles. The summed E-state index contributed by atoms with van der Waals surface area (Å²) in [6.45, 7) is 4.00. The van der Waals surface area contributed by atoms with Crippen LogP contribution >= 0.6 is 0 Å². The zero-order chi connectivity index (χ0) is 14.2. The summed E-state index contributed by atoms with van der Waals surface area (Å²) in [7, 11) is 0. The van der Waals surface area contributed by atoms with Gasteiger partial charge in [0.1, 0.15) is 0 Å². The molecule has 0 amide bonds. The summed E-state index contributed by atoms with van der Waals surface area (Å²) in [5.41, 5.74) is 5.69. The predicted octanol–water partition coefficient (Wildman–Crippen LogP) is 6.42. The first kappa shape index (κ1) is 17.0. The summed E-state index contributed by atoms with van der Waals surface area (Å²) in [5.74, 6) is 0. The van der Waals surface area contributed by atoms with E-state index in [4.69, 9.17) is 0 Å². The van der Waals surface area contributed by atoms with Gasteiger partial charge in [0, 0.05) is 1.43 Å². The molecule has 0 bridgehead atoms. The van der Waals surface area contributed by atoms with E-state index in [9.17, 15) is 0 Å². The normalized spacial score (nSPS) is 12.1. The molecule has 0 radical (unpaired) electrons. The van der Waals surface area contributed by atoms with Crippen molar-refractivity contribution in [1.82, 2.24) is 0 Å². The van der Waals surface area contributed by atoms with Crippen LogP contribution in [0.25, 0.3) is 12.2 Å². The van der Waals surface area contributed by atoms with E-state index in [-0.39, 0.29) is 8.85 Å². The van der Waals surface area contributed by atoms with Crippen LogP contribution in [-0.4, -0.2) is 0 Å². The van der Waals surface area contributed by atoms with E-state index < -0.39 is 0 Å². The number of hydrogen-bond acceptors (Lipinski definition) is 0. The van der Waals surface area contributed by atoms with Gasteiger partial charge in [-0.3, -0.25) is 0 Å². The Morgan fingerprint density at radius 3 is 1.43 bits per heavy atom. The third-order valence-electron chi connectivity index (χ3n) is 3.38. The van der Waals surface area contributed by atoms with Crippen LogP contribution in [0, 0.1) is 0 Å². The van der Waals surface area contributed by atoms with Crippen LogP contribution in [0.5, 0.6) is 0 Å². The predicted molar refractivity (Wildman–Crippen MR) is 98.6 cm³/mol. The van der Waals surface area contributed by atoms with E-state index in [0.717, 1.165) is 12.8 Å². The third-order valence-corrected chi connectivity index (χ3v) is 3.38. The molecule has 4 rings (SSSR count). The van der Waals surface area contributed by atoms with Crippen molar-refractivity contribution < 1.29 is 1.43 Å². The van der Waals surface area contributed by atoms with Crippen molar-refractivity contribution in [1.29, 1.82) is 0 Å². The van der Waals surface area contributed by atoms with Crippen molar-refractivity contribution in [2.75, 3.05) is 0 Å². The van der Waals surface area contributed by atoms with E-state index >= 15 is 0 Å². The maximum atomic E-state index is 2.20. The lowest BCUT2D eigenvalue weighted by Crippen LogP contribution is -1.76. The second-order valence-electron chi connectivity index (χ2n) is 4.61. The number of hydrogen-bond donors (Lipinski definition) is 0. The molecular weight excluding hydrogens is 252 g/mol. The molecule has 0 saturated carbocycles. The molecule has 2 aromatic carbocycles. The molecule has 0 aliphatic heterocycles. The molecule has 2 aromatic rings. The van der Waals surface area contributed by atoms with Gasteiger partial charge in [-0.15, -0.1) is 0 Å². The molecule has 0 heteroatoms. The molecule has 112 valence electrons. The van der Waals surface area contributed by atoms with E-state index in [1.807, 2.05) is 13.8 Å². The minimum atomic E-state index is 0. The van der Waals surface area contributed by atoms with Gasteiger partial charge in [0.2, 0.25) is 0 Å². The van der Waals surface area contributed by atoms with Crippen molar-refractivity contribution in [2.24, 2.45) is 0 Å². The first-order chi connectivity index (χ1) is 9.93. The van der Waals surface area contributed by atoms with Gasteiger partial charge in [-0.2, -0.15) is 0 Å². The summed E-state index contributed by atoms with van der Waals surface area (Å²) >= 11 is 0. The van der Waals surface area contributed by atoms with Gasteiger partial charge in [-0.05, 0) is 35.1 Å². The van der Waals surface area contributed by atoms with Gasteiger partial charge in [0.05, 0.1) is 0 Å². The largest absolute Gasteiger partial charge is 0.0795 e. The highest BCUT2D eigenvalue weighted by atomic mass is 14.1. The molecule has 2 aliphatic rings. The lowest BCUT2D eigenvalue weighted by Gasteiger charge is -1.93. The van der Waals surface area contributed by atoms with Gasteiger partial charge in [-0.25, -0.2) is 0 Å². The lowest BCUT2D eigenvalue weighted by molar-refractivity contribution is 1.31. The van der Waals surface area contributed by atoms with Crippen molar-refractivity contribution in [3.05, 3.63) is 82.9 Å². The van der Waals surface area contributed by atoms with Gasteiger partial charge >= 0.3 is 0 Å². The molecule has 0 N–H and O–H groups in total. The molecule has 0 atom stereocenters. The zero-order valence-corrected chi connectivity index (χ0v) is 12.3. The average Bonchev–Trinajstić information content (AvgIpc) is 3.18. The fourth-order valence-corrected chi connectivity index (χ4v) is 2.39. The Hall–Kier alpha value is -2.08. The maximum absolute atomic E-state index is 2.20. The molecule has 0 nitrogen and oxygen atoms in total. The molecule has 0 fully saturated rings. The minimum absolute atomic E-state index is 0. The lowest BCUT2D eigenvalue weighted by atomic mass is 10.1. The second kappa shape index (κ2) is 8.97.